The van der Waals surface area contributed by atoms with Gasteiger partial charge in [-0.3, -0.25) is 4.79 Å². The molecule has 0 spiro atoms. The summed E-state index contributed by atoms with van der Waals surface area (Å²) in [7, 11) is 0. The Morgan fingerprint density at radius 1 is 1.39 bits per heavy atom. The number of nitrogens with zero attached hydrogens (tertiary/aromatic N) is 1. The zero-order valence-electron chi connectivity index (χ0n) is 9.94. The molecule has 0 unspecified atom stereocenters. The van der Waals surface area contributed by atoms with Crippen LogP contribution in [0.1, 0.15) is 21.1 Å². The lowest BCUT2D eigenvalue weighted by molar-refractivity contribution is 0.0953. The normalized spacial score (nSPS) is 10.3. The van der Waals surface area contributed by atoms with Crippen LogP contribution in [0.3, 0.4) is 0 Å². The van der Waals surface area contributed by atoms with Crippen LogP contribution in [0.4, 0.5) is 4.39 Å². The highest BCUT2D eigenvalue weighted by Crippen LogP contribution is 2.08. The molecule has 5 heteroatoms. The van der Waals surface area contributed by atoms with Crippen LogP contribution in [-0.2, 0) is 6.42 Å². The molecule has 2 rings (SSSR count). The first-order chi connectivity index (χ1) is 8.65. The molecule has 0 bridgehead atoms. The summed E-state index contributed by atoms with van der Waals surface area (Å²) < 4.78 is 12.7. The molecule has 1 heterocycles. The van der Waals surface area contributed by atoms with Crippen molar-refractivity contribution in [1.29, 1.82) is 0 Å². The largest absolute Gasteiger partial charge is 0.350 e. The average Bonchev–Trinajstić information content (AvgIpc) is 2.78. The van der Waals surface area contributed by atoms with Gasteiger partial charge in [0.15, 0.2) is 5.01 Å². The zero-order chi connectivity index (χ0) is 13.0. The SMILES string of the molecule is Cc1csc(C(=O)NCCc2ccc(F)cc2)n1. The number of aryl methyl sites for hydroxylation is 1. The third kappa shape index (κ3) is 3.37. The Labute approximate surface area is 109 Å². The van der Waals surface area contributed by atoms with Gasteiger partial charge in [0, 0.05) is 17.6 Å². The van der Waals surface area contributed by atoms with E-state index in [1.54, 1.807) is 12.1 Å². The number of hydrogen-bond donors (Lipinski definition) is 1. The van der Waals surface area contributed by atoms with Crippen LogP contribution in [-0.4, -0.2) is 17.4 Å². The Hall–Kier alpha value is -1.75. The van der Waals surface area contributed by atoms with Gasteiger partial charge in [0.25, 0.3) is 5.91 Å². The van der Waals surface area contributed by atoms with Crippen molar-refractivity contribution in [2.45, 2.75) is 13.3 Å². The fraction of sp³-hybridized carbons (Fsp3) is 0.231. The second-order valence-corrected chi connectivity index (χ2v) is 4.78. The van der Waals surface area contributed by atoms with Gasteiger partial charge in [0.1, 0.15) is 5.82 Å². The van der Waals surface area contributed by atoms with Gasteiger partial charge in [-0.25, -0.2) is 9.37 Å². The quantitative estimate of drug-likeness (QED) is 0.922. The van der Waals surface area contributed by atoms with Crippen LogP contribution in [0.5, 0.6) is 0 Å². The summed E-state index contributed by atoms with van der Waals surface area (Å²) in [6.07, 6.45) is 0.677. The number of halogens is 1. The maximum Gasteiger partial charge on any atom is 0.280 e. The van der Waals surface area contributed by atoms with E-state index in [1.807, 2.05) is 12.3 Å². The summed E-state index contributed by atoms with van der Waals surface area (Å²) >= 11 is 1.33. The van der Waals surface area contributed by atoms with E-state index in [9.17, 15) is 9.18 Å². The number of thiazole rings is 1. The van der Waals surface area contributed by atoms with E-state index in [4.69, 9.17) is 0 Å². The fourth-order valence-corrected chi connectivity index (χ4v) is 2.22. The number of carbonyl (C=O) groups is 1. The number of nitrogens with one attached hydrogen (secondary N) is 1. The summed E-state index contributed by atoms with van der Waals surface area (Å²) in [5, 5.41) is 5.11. The van der Waals surface area contributed by atoms with Gasteiger partial charge in [0.2, 0.25) is 0 Å². The highest BCUT2D eigenvalue weighted by molar-refractivity contribution is 7.11. The van der Waals surface area contributed by atoms with Crippen molar-refractivity contribution < 1.29 is 9.18 Å². The molecule has 1 aromatic carbocycles. The van der Waals surface area contributed by atoms with Crippen molar-refractivity contribution in [1.82, 2.24) is 10.3 Å². The second kappa shape index (κ2) is 5.73. The smallest absolute Gasteiger partial charge is 0.280 e. The molecule has 0 saturated carbocycles. The molecule has 0 aliphatic heterocycles. The molecule has 0 radical (unpaired) electrons. The highest BCUT2D eigenvalue weighted by atomic mass is 32.1. The molecule has 1 aromatic heterocycles. The maximum atomic E-state index is 12.7. The number of hydrogen-bond acceptors (Lipinski definition) is 3. The van der Waals surface area contributed by atoms with E-state index in [2.05, 4.69) is 10.3 Å². The fourth-order valence-electron chi connectivity index (χ4n) is 1.51. The highest BCUT2D eigenvalue weighted by Gasteiger charge is 2.08. The van der Waals surface area contributed by atoms with Crippen molar-refractivity contribution in [2.24, 2.45) is 0 Å². The Morgan fingerprint density at radius 3 is 2.72 bits per heavy atom. The third-order valence-corrected chi connectivity index (χ3v) is 3.38. The lowest BCUT2D eigenvalue weighted by atomic mass is 10.1. The predicted octanol–water partition coefficient (Wildman–Crippen LogP) is 2.56. The molecular weight excluding hydrogens is 251 g/mol. The first-order valence-electron chi connectivity index (χ1n) is 5.60. The van der Waals surface area contributed by atoms with Crippen LogP contribution >= 0.6 is 11.3 Å². The van der Waals surface area contributed by atoms with E-state index in [-0.39, 0.29) is 11.7 Å². The summed E-state index contributed by atoms with van der Waals surface area (Å²) in [6.45, 7) is 2.37. The van der Waals surface area contributed by atoms with Gasteiger partial charge in [-0.1, -0.05) is 12.1 Å². The van der Waals surface area contributed by atoms with E-state index >= 15 is 0 Å². The van der Waals surface area contributed by atoms with Crippen LogP contribution in [0.15, 0.2) is 29.6 Å². The van der Waals surface area contributed by atoms with Gasteiger partial charge in [-0.2, -0.15) is 0 Å². The lowest BCUT2D eigenvalue weighted by Crippen LogP contribution is -2.25. The Bertz CT molecular complexity index is 536. The molecule has 0 aliphatic carbocycles. The number of benzene rings is 1. The van der Waals surface area contributed by atoms with Crippen molar-refractivity contribution in [3.8, 4) is 0 Å². The molecular formula is C13H13FN2OS. The molecule has 1 amide bonds. The molecule has 1 N–H and O–H groups in total. The number of carbonyl (C=O) groups excluding carboxylic acids is 1. The van der Waals surface area contributed by atoms with Crippen LogP contribution in [0, 0.1) is 12.7 Å². The maximum absolute atomic E-state index is 12.7. The van der Waals surface area contributed by atoms with Gasteiger partial charge < -0.3 is 5.32 Å². The molecule has 0 atom stereocenters. The average molecular weight is 264 g/mol. The summed E-state index contributed by atoms with van der Waals surface area (Å²) in [5.41, 5.74) is 1.84. The number of amides is 1. The van der Waals surface area contributed by atoms with Crippen LogP contribution in [0.2, 0.25) is 0 Å². The third-order valence-electron chi connectivity index (χ3n) is 2.43. The lowest BCUT2D eigenvalue weighted by Gasteiger charge is -2.03. The van der Waals surface area contributed by atoms with E-state index in [1.165, 1.54) is 23.5 Å². The molecule has 0 aliphatic rings. The minimum Gasteiger partial charge on any atom is -0.350 e. The molecule has 18 heavy (non-hydrogen) atoms. The Balaban J connectivity index is 1.82. The first-order valence-corrected chi connectivity index (χ1v) is 6.48. The minimum atomic E-state index is -0.249. The van der Waals surface area contributed by atoms with Crippen LogP contribution < -0.4 is 5.32 Å². The molecule has 2 aromatic rings. The van der Waals surface area contributed by atoms with E-state index < -0.39 is 0 Å². The zero-order valence-corrected chi connectivity index (χ0v) is 10.8. The molecule has 3 nitrogen and oxygen atoms in total. The summed E-state index contributed by atoms with van der Waals surface area (Å²) in [5.74, 6) is -0.406. The summed E-state index contributed by atoms with van der Waals surface area (Å²) in [4.78, 5) is 15.8. The van der Waals surface area contributed by atoms with Gasteiger partial charge in [0.05, 0.1) is 0 Å². The van der Waals surface area contributed by atoms with Gasteiger partial charge >= 0.3 is 0 Å². The molecule has 94 valence electrons. The van der Waals surface area contributed by atoms with Crippen molar-refractivity contribution >= 4 is 17.2 Å². The topological polar surface area (TPSA) is 42.0 Å². The van der Waals surface area contributed by atoms with Gasteiger partial charge in [-0.05, 0) is 31.0 Å². The molecule has 0 saturated heterocycles. The van der Waals surface area contributed by atoms with Crippen molar-refractivity contribution in [3.63, 3.8) is 0 Å². The summed E-state index contributed by atoms with van der Waals surface area (Å²) in [6, 6.07) is 6.27. The number of aromatic nitrogens is 1. The van der Waals surface area contributed by atoms with Crippen molar-refractivity contribution in [3.05, 3.63) is 51.7 Å². The standard InChI is InChI=1S/C13H13FN2OS/c1-9-8-18-13(16-9)12(17)15-7-6-10-2-4-11(14)5-3-10/h2-5,8H,6-7H2,1H3,(H,15,17). The Morgan fingerprint density at radius 2 is 2.11 bits per heavy atom. The second-order valence-electron chi connectivity index (χ2n) is 3.93. The van der Waals surface area contributed by atoms with E-state index in [0.717, 1.165) is 11.3 Å². The molecule has 0 fully saturated rings. The Kier molecular flexibility index (Phi) is 4.04. The van der Waals surface area contributed by atoms with Crippen molar-refractivity contribution in [2.75, 3.05) is 6.54 Å². The minimum absolute atomic E-state index is 0.157. The first kappa shape index (κ1) is 12.7. The number of rotatable bonds is 4. The van der Waals surface area contributed by atoms with Gasteiger partial charge in [-0.15, -0.1) is 11.3 Å². The van der Waals surface area contributed by atoms with Crippen LogP contribution in [0.25, 0.3) is 0 Å². The predicted molar refractivity (Wildman–Crippen MR) is 69.3 cm³/mol. The monoisotopic (exact) mass is 264 g/mol. The van der Waals surface area contributed by atoms with E-state index in [0.29, 0.717) is 18.0 Å².